The second-order valence-corrected chi connectivity index (χ2v) is 5.03. The topological polar surface area (TPSA) is 52.0 Å². The van der Waals surface area contributed by atoms with Gasteiger partial charge in [0, 0.05) is 10.9 Å². The first-order valence-corrected chi connectivity index (χ1v) is 6.53. The number of carbonyl (C=O) groups excluding carboxylic acids is 1. The largest absolute Gasteiger partial charge is 0.297 e. The van der Waals surface area contributed by atoms with Crippen molar-refractivity contribution in [2.75, 3.05) is 0 Å². The van der Waals surface area contributed by atoms with Gasteiger partial charge in [0.1, 0.15) is 0 Å². The molecular formula is C13H13BrN2O2. The molecule has 0 N–H and O–H groups in total. The lowest BCUT2D eigenvalue weighted by atomic mass is 10.1. The quantitative estimate of drug-likeness (QED) is 0.876. The minimum absolute atomic E-state index is 0.0215. The molecule has 0 aliphatic rings. The second kappa shape index (κ2) is 5.02. The van der Waals surface area contributed by atoms with Gasteiger partial charge in [0.25, 0.3) is 5.56 Å². The summed E-state index contributed by atoms with van der Waals surface area (Å²) in [6.45, 7) is 3.51. The van der Waals surface area contributed by atoms with Crippen LogP contribution >= 0.6 is 15.9 Å². The average Bonchev–Trinajstić information content (AvgIpc) is 2.38. The summed E-state index contributed by atoms with van der Waals surface area (Å²) in [7, 11) is 0. The van der Waals surface area contributed by atoms with Crippen molar-refractivity contribution in [3.8, 4) is 0 Å². The van der Waals surface area contributed by atoms with Gasteiger partial charge in [-0.05, 0) is 25.1 Å². The van der Waals surface area contributed by atoms with Gasteiger partial charge in [0.2, 0.25) is 0 Å². The molecule has 0 saturated carbocycles. The third-order valence-electron chi connectivity index (χ3n) is 2.98. The molecule has 0 amide bonds. The van der Waals surface area contributed by atoms with Crippen LogP contribution in [0.4, 0.5) is 0 Å². The Hall–Kier alpha value is -1.49. The van der Waals surface area contributed by atoms with Crippen LogP contribution in [-0.2, 0) is 4.79 Å². The van der Waals surface area contributed by atoms with Crippen LogP contribution in [0.1, 0.15) is 26.3 Å². The molecule has 1 heterocycles. The van der Waals surface area contributed by atoms with Crippen molar-refractivity contribution in [2.45, 2.75) is 26.3 Å². The fourth-order valence-electron chi connectivity index (χ4n) is 1.83. The maximum absolute atomic E-state index is 12.3. The predicted octanol–water partition coefficient (Wildman–Crippen LogP) is 2.70. The second-order valence-electron chi connectivity index (χ2n) is 4.11. The van der Waals surface area contributed by atoms with Crippen molar-refractivity contribution >= 4 is 32.6 Å². The molecule has 0 fully saturated rings. The SMILES string of the molecule is CCC(=O)C(C)n1cnc2ccc(Br)cc2c1=O. The zero-order chi connectivity index (χ0) is 13.3. The normalized spacial score (nSPS) is 12.6. The van der Waals surface area contributed by atoms with Gasteiger partial charge >= 0.3 is 0 Å². The molecule has 4 nitrogen and oxygen atoms in total. The molecule has 2 rings (SSSR count). The van der Waals surface area contributed by atoms with Crippen molar-refractivity contribution in [1.82, 2.24) is 9.55 Å². The molecule has 1 unspecified atom stereocenters. The lowest BCUT2D eigenvalue weighted by Crippen LogP contribution is -2.28. The molecule has 1 atom stereocenters. The first kappa shape index (κ1) is 13.0. The molecule has 0 spiro atoms. The molecular weight excluding hydrogens is 296 g/mol. The summed E-state index contributed by atoms with van der Waals surface area (Å²) in [5, 5.41) is 0.516. The highest BCUT2D eigenvalue weighted by Gasteiger charge is 2.15. The Kier molecular flexibility index (Phi) is 3.61. The minimum Gasteiger partial charge on any atom is -0.297 e. The number of rotatable bonds is 3. The zero-order valence-corrected chi connectivity index (χ0v) is 11.8. The summed E-state index contributed by atoms with van der Waals surface area (Å²) in [6.07, 6.45) is 1.85. The van der Waals surface area contributed by atoms with Crippen molar-refractivity contribution in [1.29, 1.82) is 0 Å². The summed E-state index contributed by atoms with van der Waals surface area (Å²) >= 11 is 3.33. The molecule has 0 bridgehead atoms. The Morgan fingerprint density at radius 1 is 1.50 bits per heavy atom. The molecule has 0 saturated heterocycles. The number of carbonyl (C=O) groups is 1. The molecule has 18 heavy (non-hydrogen) atoms. The molecule has 1 aromatic heterocycles. The predicted molar refractivity (Wildman–Crippen MR) is 73.7 cm³/mol. The van der Waals surface area contributed by atoms with E-state index in [1.165, 1.54) is 10.9 Å². The van der Waals surface area contributed by atoms with Gasteiger partial charge in [-0.15, -0.1) is 0 Å². The lowest BCUT2D eigenvalue weighted by molar-refractivity contribution is -0.121. The Labute approximate surface area is 113 Å². The van der Waals surface area contributed by atoms with E-state index < -0.39 is 6.04 Å². The molecule has 5 heteroatoms. The van der Waals surface area contributed by atoms with E-state index in [2.05, 4.69) is 20.9 Å². The van der Waals surface area contributed by atoms with Gasteiger partial charge in [-0.25, -0.2) is 4.98 Å². The fraction of sp³-hybridized carbons (Fsp3) is 0.308. The number of hydrogen-bond acceptors (Lipinski definition) is 3. The number of Topliss-reactive ketones (excluding diaryl/α,β-unsaturated/α-hetero) is 1. The third kappa shape index (κ3) is 2.22. The Balaban J connectivity index is 2.64. The highest BCUT2D eigenvalue weighted by atomic mass is 79.9. The smallest absolute Gasteiger partial charge is 0.261 e. The lowest BCUT2D eigenvalue weighted by Gasteiger charge is -2.13. The summed E-state index contributed by atoms with van der Waals surface area (Å²) in [5.74, 6) is 0.0215. The van der Waals surface area contributed by atoms with E-state index in [0.29, 0.717) is 17.3 Å². The van der Waals surface area contributed by atoms with Crippen LogP contribution in [0.3, 0.4) is 0 Å². The van der Waals surface area contributed by atoms with Gasteiger partial charge in [0.15, 0.2) is 5.78 Å². The van der Waals surface area contributed by atoms with Crippen molar-refractivity contribution in [3.63, 3.8) is 0 Å². The number of halogens is 1. The maximum atomic E-state index is 12.3. The molecule has 2 aromatic rings. The molecule has 94 valence electrons. The third-order valence-corrected chi connectivity index (χ3v) is 3.47. The van der Waals surface area contributed by atoms with E-state index >= 15 is 0 Å². The zero-order valence-electron chi connectivity index (χ0n) is 10.2. The van der Waals surface area contributed by atoms with Crippen molar-refractivity contribution in [3.05, 3.63) is 39.4 Å². The van der Waals surface area contributed by atoms with Crippen LogP contribution in [0.25, 0.3) is 10.9 Å². The number of nitrogens with zero attached hydrogens (tertiary/aromatic N) is 2. The number of aromatic nitrogens is 2. The standard InChI is InChI=1S/C13H13BrN2O2/c1-3-12(17)8(2)16-7-15-11-5-4-9(14)6-10(11)13(16)18/h4-8H,3H2,1-2H3. The van der Waals surface area contributed by atoms with E-state index in [9.17, 15) is 9.59 Å². The van der Waals surface area contributed by atoms with Gasteiger partial charge in [-0.3, -0.25) is 14.2 Å². The van der Waals surface area contributed by atoms with Gasteiger partial charge in [0.05, 0.1) is 23.3 Å². The fourth-order valence-corrected chi connectivity index (χ4v) is 2.20. The van der Waals surface area contributed by atoms with Gasteiger partial charge in [-0.2, -0.15) is 0 Å². The Morgan fingerprint density at radius 2 is 2.22 bits per heavy atom. The summed E-state index contributed by atoms with van der Waals surface area (Å²) < 4.78 is 2.21. The van der Waals surface area contributed by atoms with E-state index in [4.69, 9.17) is 0 Å². The Morgan fingerprint density at radius 3 is 2.89 bits per heavy atom. The van der Waals surface area contributed by atoms with Crippen LogP contribution in [-0.4, -0.2) is 15.3 Å². The maximum Gasteiger partial charge on any atom is 0.261 e. The van der Waals surface area contributed by atoms with Crippen LogP contribution < -0.4 is 5.56 Å². The van der Waals surface area contributed by atoms with Crippen LogP contribution in [0.5, 0.6) is 0 Å². The molecule has 0 aliphatic carbocycles. The number of fused-ring (bicyclic) bond motifs is 1. The average molecular weight is 309 g/mol. The van der Waals surface area contributed by atoms with Crippen molar-refractivity contribution in [2.24, 2.45) is 0 Å². The number of benzene rings is 1. The van der Waals surface area contributed by atoms with Crippen LogP contribution in [0.15, 0.2) is 33.8 Å². The monoisotopic (exact) mass is 308 g/mol. The van der Waals surface area contributed by atoms with E-state index in [1.54, 1.807) is 26.0 Å². The number of ketones is 1. The first-order valence-electron chi connectivity index (χ1n) is 5.73. The Bertz CT molecular complexity index is 664. The van der Waals surface area contributed by atoms with Gasteiger partial charge in [-0.1, -0.05) is 22.9 Å². The minimum atomic E-state index is -0.474. The highest BCUT2D eigenvalue weighted by molar-refractivity contribution is 9.10. The van der Waals surface area contributed by atoms with Crippen LogP contribution in [0, 0.1) is 0 Å². The van der Waals surface area contributed by atoms with Crippen molar-refractivity contribution < 1.29 is 4.79 Å². The highest BCUT2D eigenvalue weighted by Crippen LogP contribution is 2.16. The molecule has 0 aliphatic heterocycles. The van der Waals surface area contributed by atoms with E-state index in [0.717, 1.165) is 4.47 Å². The van der Waals surface area contributed by atoms with Gasteiger partial charge < -0.3 is 0 Å². The summed E-state index contributed by atoms with van der Waals surface area (Å²) in [6, 6.07) is 4.86. The van der Waals surface area contributed by atoms with Crippen LogP contribution in [0.2, 0.25) is 0 Å². The van der Waals surface area contributed by atoms with E-state index in [1.807, 2.05) is 6.07 Å². The van der Waals surface area contributed by atoms with E-state index in [-0.39, 0.29) is 11.3 Å². The summed E-state index contributed by atoms with van der Waals surface area (Å²) in [4.78, 5) is 28.2. The molecule has 0 radical (unpaired) electrons. The summed E-state index contributed by atoms with van der Waals surface area (Å²) in [5.41, 5.74) is 0.450. The first-order chi connectivity index (χ1) is 8.54. The molecule has 1 aromatic carbocycles. The number of hydrogen-bond donors (Lipinski definition) is 0.